The van der Waals surface area contributed by atoms with Crippen LogP contribution in [-0.4, -0.2) is 34.1 Å². The van der Waals surface area contributed by atoms with Gasteiger partial charge in [0.25, 0.3) is 5.91 Å². The van der Waals surface area contributed by atoms with Gasteiger partial charge in [-0.15, -0.1) is 0 Å². The van der Waals surface area contributed by atoms with Crippen LogP contribution in [0.4, 0.5) is 0 Å². The number of fused-ring (bicyclic) bond motifs is 1. The lowest BCUT2D eigenvalue weighted by atomic mass is 9.82. The molecule has 1 amide bonds. The van der Waals surface area contributed by atoms with Gasteiger partial charge in [-0.3, -0.25) is 14.4 Å². The number of rotatable bonds is 2. The highest BCUT2D eigenvalue weighted by Crippen LogP contribution is 2.39. The number of aromatic amines is 2. The lowest BCUT2D eigenvalue weighted by Crippen LogP contribution is -2.37. The van der Waals surface area contributed by atoms with E-state index in [9.17, 15) is 14.4 Å². The van der Waals surface area contributed by atoms with Gasteiger partial charge in [-0.05, 0) is 37.5 Å². The van der Waals surface area contributed by atoms with Gasteiger partial charge in [0.2, 0.25) is 0 Å². The van der Waals surface area contributed by atoms with Gasteiger partial charge in [0.1, 0.15) is 0 Å². The molecule has 2 aromatic rings. The maximum Gasteiger partial charge on any atom is 0.314 e. The monoisotopic (exact) mass is 343 g/mol. The summed E-state index contributed by atoms with van der Waals surface area (Å²) in [5.41, 5.74) is -0.112. The fraction of sp³-hybridized carbons (Fsp3) is 0.500. The van der Waals surface area contributed by atoms with Gasteiger partial charge in [-0.1, -0.05) is 19.3 Å². The van der Waals surface area contributed by atoms with Gasteiger partial charge in [0.15, 0.2) is 0 Å². The minimum absolute atomic E-state index is 0.0101. The second-order valence-corrected chi connectivity index (χ2v) is 7.10. The predicted molar refractivity (Wildman–Crippen MR) is 92.8 cm³/mol. The van der Waals surface area contributed by atoms with E-state index in [4.69, 9.17) is 4.74 Å². The first kappa shape index (κ1) is 16.1. The Kier molecular flexibility index (Phi) is 3.95. The van der Waals surface area contributed by atoms with Gasteiger partial charge in [-0.25, -0.2) is 0 Å². The zero-order chi connectivity index (χ0) is 17.4. The number of ether oxygens (including phenoxy) is 1. The molecule has 2 heterocycles. The van der Waals surface area contributed by atoms with Crippen LogP contribution in [0.2, 0.25) is 0 Å². The largest absolute Gasteiger partial charge is 0.373 e. The molecule has 1 saturated carbocycles. The number of hydrogen-bond donors (Lipinski definition) is 3. The topological polar surface area (TPSA) is 104 Å². The van der Waals surface area contributed by atoms with Crippen molar-refractivity contribution in [3.05, 3.63) is 44.5 Å². The van der Waals surface area contributed by atoms with E-state index in [1.54, 1.807) is 18.2 Å². The molecule has 1 aliphatic carbocycles. The number of aromatic nitrogens is 2. The van der Waals surface area contributed by atoms with E-state index >= 15 is 0 Å². The molecule has 2 aliphatic rings. The highest BCUT2D eigenvalue weighted by atomic mass is 16.5. The molecule has 1 aromatic heterocycles. The van der Waals surface area contributed by atoms with Crippen LogP contribution in [-0.2, 0) is 4.74 Å². The first-order valence-corrected chi connectivity index (χ1v) is 8.76. The third-order valence-electron chi connectivity index (χ3n) is 5.29. The van der Waals surface area contributed by atoms with Crippen molar-refractivity contribution in [1.82, 2.24) is 15.3 Å². The first-order chi connectivity index (χ1) is 12.0. The average Bonchev–Trinajstić information content (AvgIpc) is 2.98. The molecule has 1 aromatic carbocycles. The number of nitrogens with one attached hydrogen (secondary N) is 3. The molecule has 1 saturated heterocycles. The minimum atomic E-state index is -0.728. The van der Waals surface area contributed by atoms with Crippen molar-refractivity contribution in [2.24, 2.45) is 0 Å². The quantitative estimate of drug-likeness (QED) is 0.718. The molecular weight excluding hydrogens is 322 g/mol. The Bertz CT molecular complexity index is 924. The van der Waals surface area contributed by atoms with E-state index in [-0.39, 0.29) is 17.6 Å². The van der Waals surface area contributed by atoms with Gasteiger partial charge >= 0.3 is 11.1 Å². The van der Waals surface area contributed by atoms with Crippen LogP contribution in [0, 0.1) is 0 Å². The molecular formula is C18H21N3O4. The third kappa shape index (κ3) is 3.11. The Morgan fingerprint density at radius 3 is 2.56 bits per heavy atom. The van der Waals surface area contributed by atoms with Crippen molar-refractivity contribution in [2.75, 3.05) is 6.61 Å². The fourth-order valence-electron chi connectivity index (χ4n) is 4.01. The molecule has 1 spiro atoms. The van der Waals surface area contributed by atoms with Crippen LogP contribution in [0.5, 0.6) is 0 Å². The summed E-state index contributed by atoms with van der Waals surface area (Å²) in [6, 6.07) is 4.85. The number of hydrogen-bond acceptors (Lipinski definition) is 4. The van der Waals surface area contributed by atoms with E-state index in [0.717, 1.165) is 19.3 Å². The van der Waals surface area contributed by atoms with Crippen LogP contribution in [0.15, 0.2) is 27.8 Å². The van der Waals surface area contributed by atoms with E-state index in [1.165, 1.54) is 19.3 Å². The normalized spacial score (nSPS) is 22.3. The average molecular weight is 343 g/mol. The maximum absolute atomic E-state index is 12.5. The van der Waals surface area contributed by atoms with Gasteiger partial charge in [0, 0.05) is 5.56 Å². The van der Waals surface area contributed by atoms with Crippen molar-refractivity contribution in [1.29, 1.82) is 0 Å². The molecule has 3 N–H and O–H groups in total. The van der Waals surface area contributed by atoms with Crippen molar-refractivity contribution in [3.63, 3.8) is 0 Å². The SMILES string of the molecule is O=C(N[C@H]1COC2(CCCCC2)C1)c1ccc2[nH]c(=O)c(=O)[nH]c2c1. The maximum atomic E-state index is 12.5. The van der Waals surface area contributed by atoms with E-state index < -0.39 is 11.1 Å². The molecule has 0 radical (unpaired) electrons. The summed E-state index contributed by atoms with van der Waals surface area (Å²) in [5.74, 6) is -0.199. The molecule has 2 fully saturated rings. The summed E-state index contributed by atoms with van der Waals surface area (Å²) >= 11 is 0. The van der Waals surface area contributed by atoms with Crippen molar-refractivity contribution >= 4 is 16.9 Å². The van der Waals surface area contributed by atoms with E-state index in [1.807, 2.05) is 0 Å². The Hall–Kier alpha value is -2.41. The molecule has 7 nitrogen and oxygen atoms in total. The molecule has 0 unspecified atom stereocenters. The number of amides is 1. The Labute approximate surface area is 143 Å². The van der Waals surface area contributed by atoms with Crippen molar-refractivity contribution in [3.8, 4) is 0 Å². The molecule has 1 aliphatic heterocycles. The zero-order valence-electron chi connectivity index (χ0n) is 13.9. The Balaban J connectivity index is 1.49. The van der Waals surface area contributed by atoms with Gasteiger partial charge in [0.05, 0.1) is 29.3 Å². The molecule has 7 heteroatoms. The minimum Gasteiger partial charge on any atom is -0.373 e. The van der Waals surface area contributed by atoms with Crippen LogP contribution in [0.25, 0.3) is 11.0 Å². The second-order valence-electron chi connectivity index (χ2n) is 7.10. The molecule has 1 atom stereocenters. The highest BCUT2D eigenvalue weighted by molar-refractivity contribution is 5.97. The highest BCUT2D eigenvalue weighted by Gasteiger charge is 2.41. The fourth-order valence-corrected chi connectivity index (χ4v) is 4.01. The van der Waals surface area contributed by atoms with E-state index in [0.29, 0.717) is 23.2 Å². The number of H-pyrrole nitrogens is 2. The van der Waals surface area contributed by atoms with Crippen molar-refractivity contribution in [2.45, 2.75) is 50.2 Å². The lowest BCUT2D eigenvalue weighted by Gasteiger charge is -2.32. The Morgan fingerprint density at radius 2 is 1.80 bits per heavy atom. The summed E-state index contributed by atoms with van der Waals surface area (Å²) in [4.78, 5) is 40.3. The third-order valence-corrected chi connectivity index (χ3v) is 5.29. The predicted octanol–water partition coefficient (Wildman–Crippen LogP) is 1.44. The first-order valence-electron chi connectivity index (χ1n) is 8.76. The number of carbonyl (C=O) groups is 1. The van der Waals surface area contributed by atoms with Crippen LogP contribution >= 0.6 is 0 Å². The Morgan fingerprint density at radius 1 is 1.08 bits per heavy atom. The van der Waals surface area contributed by atoms with Crippen LogP contribution in [0.3, 0.4) is 0 Å². The smallest absolute Gasteiger partial charge is 0.314 e. The summed E-state index contributed by atoms with van der Waals surface area (Å²) in [7, 11) is 0. The van der Waals surface area contributed by atoms with Gasteiger partial charge in [-0.2, -0.15) is 0 Å². The standard InChI is InChI=1S/C18H21N3O4/c22-15(19-12-9-18(25-10-12)6-2-1-3-7-18)11-4-5-13-14(8-11)21-17(24)16(23)20-13/h4-5,8,12H,1-3,6-7,9-10H2,(H,19,22)(H,20,23)(H,21,24)/t12-/m1/s1. The summed E-state index contributed by atoms with van der Waals surface area (Å²) in [6.07, 6.45) is 6.65. The van der Waals surface area contributed by atoms with Crippen molar-refractivity contribution < 1.29 is 9.53 Å². The number of carbonyl (C=O) groups excluding carboxylic acids is 1. The van der Waals surface area contributed by atoms with Crippen LogP contribution in [0.1, 0.15) is 48.9 Å². The lowest BCUT2D eigenvalue weighted by molar-refractivity contribution is -0.0246. The second kappa shape index (κ2) is 6.15. The van der Waals surface area contributed by atoms with Gasteiger partial charge < -0.3 is 20.0 Å². The molecule has 0 bridgehead atoms. The summed E-state index contributed by atoms with van der Waals surface area (Å²) < 4.78 is 6.03. The molecule has 25 heavy (non-hydrogen) atoms. The van der Waals surface area contributed by atoms with E-state index in [2.05, 4.69) is 15.3 Å². The zero-order valence-corrected chi connectivity index (χ0v) is 13.9. The molecule has 132 valence electrons. The summed E-state index contributed by atoms with van der Waals surface area (Å²) in [5, 5.41) is 3.03. The molecule has 4 rings (SSSR count). The summed E-state index contributed by atoms with van der Waals surface area (Å²) in [6.45, 7) is 0.545. The van der Waals surface area contributed by atoms with Crippen LogP contribution < -0.4 is 16.4 Å². The number of benzene rings is 1.